The predicted octanol–water partition coefficient (Wildman–Crippen LogP) is -0.560. The fraction of sp³-hybridized carbons (Fsp3) is 0.500. The topological polar surface area (TPSA) is 173 Å². The highest BCUT2D eigenvalue weighted by atomic mass is 16.7. The lowest BCUT2D eigenvalue weighted by Crippen LogP contribution is -2.43. The summed E-state index contributed by atoms with van der Waals surface area (Å²) in [5.41, 5.74) is 6.41. The highest BCUT2D eigenvalue weighted by Gasteiger charge is 2.23. The Labute approximate surface area is 207 Å². The Balaban J connectivity index is 2.16. The molecule has 0 spiro atoms. The first kappa shape index (κ1) is 28.2. The van der Waals surface area contributed by atoms with Gasteiger partial charge in [0.2, 0.25) is 13.6 Å². The number of nitrogens with two attached hydrogens (primary N) is 1. The third-order valence-electron chi connectivity index (χ3n) is 4.64. The van der Waals surface area contributed by atoms with Gasteiger partial charge in [-0.3, -0.25) is 24.0 Å². The van der Waals surface area contributed by atoms with E-state index in [0.29, 0.717) is 32.0 Å². The number of amides is 1. The van der Waals surface area contributed by atoms with E-state index in [1.54, 1.807) is 4.90 Å². The maximum atomic E-state index is 12.5. The number of hydrogen-bond acceptors (Lipinski definition) is 13. The molecule has 1 heterocycles. The molecule has 1 aliphatic heterocycles. The van der Waals surface area contributed by atoms with Crippen molar-refractivity contribution < 1.29 is 52.4 Å². The standard InChI is InChI=1S/C22H29N3O11/c1-15(26)33-13-35-21(29)10-25(11-22(30)36-14-34-16(2)27)18-4-3-17(23)9-19(18)32-12-20(28)24-5-7-31-8-6-24/h3-4,9H,5-8,10-14,23H2,1-2H3. The smallest absolute Gasteiger partial charge is 0.328 e. The molecule has 1 aliphatic rings. The molecule has 0 radical (unpaired) electrons. The van der Waals surface area contributed by atoms with Crippen molar-refractivity contribution in [1.29, 1.82) is 0 Å². The summed E-state index contributed by atoms with van der Waals surface area (Å²) in [6.07, 6.45) is 0. The average Bonchev–Trinajstić information content (AvgIpc) is 2.82. The van der Waals surface area contributed by atoms with Gasteiger partial charge in [-0.15, -0.1) is 0 Å². The maximum absolute atomic E-state index is 12.5. The van der Waals surface area contributed by atoms with Crippen LogP contribution in [0.1, 0.15) is 13.8 Å². The quantitative estimate of drug-likeness (QED) is 0.215. The van der Waals surface area contributed by atoms with Crippen molar-refractivity contribution >= 4 is 41.2 Å². The third-order valence-corrected chi connectivity index (χ3v) is 4.64. The Morgan fingerprint density at radius 2 is 1.47 bits per heavy atom. The number of rotatable bonds is 12. The molecule has 1 fully saturated rings. The van der Waals surface area contributed by atoms with Crippen LogP contribution in [0.5, 0.6) is 5.75 Å². The predicted molar refractivity (Wildman–Crippen MR) is 121 cm³/mol. The summed E-state index contributed by atoms with van der Waals surface area (Å²) in [5, 5.41) is 0. The van der Waals surface area contributed by atoms with Gasteiger partial charge in [0, 0.05) is 38.7 Å². The number of carbonyl (C=O) groups excluding carboxylic acids is 5. The first-order chi connectivity index (χ1) is 17.2. The number of carbonyl (C=O) groups is 5. The van der Waals surface area contributed by atoms with Crippen molar-refractivity contribution in [2.45, 2.75) is 13.8 Å². The second kappa shape index (κ2) is 14.4. The molecule has 14 nitrogen and oxygen atoms in total. The average molecular weight is 511 g/mol. The number of nitrogen functional groups attached to an aromatic ring is 1. The van der Waals surface area contributed by atoms with Crippen molar-refractivity contribution in [2.75, 3.05) is 70.2 Å². The third kappa shape index (κ3) is 10.0. The summed E-state index contributed by atoms with van der Waals surface area (Å²) in [6, 6.07) is 4.43. The number of morpholine rings is 1. The summed E-state index contributed by atoms with van der Waals surface area (Å²) in [7, 11) is 0. The van der Waals surface area contributed by atoms with Crippen LogP contribution in [-0.2, 0) is 47.7 Å². The normalized spacial score (nSPS) is 12.8. The molecule has 198 valence electrons. The zero-order valence-electron chi connectivity index (χ0n) is 20.1. The molecule has 1 aromatic carbocycles. The fourth-order valence-electron chi connectivity index (χ4n) is 2.94. The van der Waals surface area contributed by atoms with E-state index in [2.05, 4.69) is 9.47 Å². The van der Waals surface area contributed by atoms with E-state index >= 15 is 0 Å². The molecule has 14 heteroatoms. The first-order valence-corrected chi connectivity index (χ1v) is 10.9. The van der Waals surface area contributed by atoms with Crippen LogP contribution in [0, 0.1) is 0 Å². The molecule has 1 amide bonds. The van der Waals surface area contributed by atoms with Gasteiger partial charge in [0.05, 0.1) is 18.9 Å². The SMILES string of the molecule is CC(=O)OCOC(=O)CN(CC(=O)OCOC(C)=O)c1ccc(N)cc1OCC(=O)N1CCOCC1. The molecule has 0 bridgehead atoms. The van der Waals surface area contributed by atoms with Crippen LogP contribution >= 0.6 is 0 Å². The van der Waals surface area contributed by atoms with E-state index in [-0.39, 0.29) is 24.0 Å². The van der Waals surface area contributed by atoms with E-state index < -0.39 is 50.6 Å². The number of ether oxygens (including phenoxy) is 6. The van der Waals surface area contributed by atoms with Crippen molar-refractivity contribution in [3.05, 3.63) is 18.2 Å². The van der Waals surface area contributed by atoms with E-state index in [1.165, 1.54) is 23.1 Å². The summed E-state index contributed by atoms with van der Waals surface area (Å²) < 4.78 is 29.8. The van der Waals surface area contributed by atoms with Crippen LogP contribution in [-0.4, -0.2) is 94.3 Å². The van der Waals surface area contributed by atoms with Crippen molar-refractivity contribution in [2.24, 2.45) is 0 Å². The van der Waals surface area contributed by atoms with Crippen LogP contribution < -0.4 is 15.4 Å². The first-order valence-electron chi connectivity index (χ1n) is 10.9. The lowest BCUT2D eigenvalue weighted by molar-refractivity contribution is -0.165. The summed E-state index contributed by atoms with van der Waals surface area (Å²) in [4.78, 5) is 61.8. The molecule has 2 N–H and O–H groups in total. The van der Waals surface area contributed by atoms with Crippen LogP contribution in [0.25, 0.3) is 0 Å². The zero-order valence-corrected chi connectivity index (χ0v) is 20.1. The van der Waals surface area contributed by atoms with Crippen molar-refractivity contribution in [3.8, 4) is 5.75 Å². The van der Waals surface area contributed by atoms with E-state index in [0.717, 1.165) is 13.8 Å². The van der Waals surface area contributed by atoms with Gasteiger partial charge in [-0.05, 0) is 12.1 Å². The molecule has 0 aliphatic carbocycles. The molecule has 0 atom stereocenters. The zero-order chi connectivity index (χ0) is 26.5. The summed E-state index contributed by atoms with van der Waals surface area (Å²) in [6.45, 7) is 1.49. The van der Waals surface area contributed by atoms with Gasteiger partial charge >= 0.3 is 23.9 Å². The van der Waals surface area contributed by atoms with E-state index in [4.69, 9.17) is 24.7 Å². The lowest BCUT2D eigenvalue weighted by Gasteiger charge is -2.28. The Morgan fingerprint density at radius 3 is 2.00 bits per heavy atom. The van der Waals surface area contributed by atoms with Gasteiger partial charge in [-0.1, -0.05) is 0 Å². The fourth-order valence-corrected chi connectivity index (χ4v) is 2.94. The molecule has 0 aromatic heterocycles. The van der Waals surface area contributed by atoms with Crippen molar-refractivity contribution in [3.63, 3.8) is 0 Å². The molecule has 1 saturated heterocycles. The van der Waals surface area contributed by atoms with E-state index in [1.807, 2.05) is 0 Å². The minimum atomic E-state index is -0.837. The number of hydrogen-bond donors (Lipinski definition) is 1. The monoisotopic (exact) mass is 511 g/mol. The van der Waals surface area contributed by atoms with Gasteiger partial charge in [-0.2, -0.15) is 0 Å². The molecule has 0 unspecified atom stereocenters. The lowest BCUT2D eigenvalue weighted by atomic mass is 10.2. The molecular formula is C22H29N3O11. The molecule has 0 saturated carbocycles. The largest absolute Gasteiger partial charge is 0.482 e. The van der Waals surface area contributed by atoms with Crippen LogP contribution in [0.2, 0.25) is 0 Å². The number of nitrogens with zero attached hydrogens (tertiary/aromatic N) is 2. The minimum absolute atomic E-state index is 0.122. The second-order valence-electron chi connectivity index (χ2n) is 7.41. The Morgan fingerprint density at radius 1 is 0.917 bits per heavy atom. The summed E-state index contributed by atoms with van der Waals surface area (Å²) >= 11 is 0. The molecule has 1 aromatic rings. The van der Waals surface area contributed by atoms with Gasteiger partial charge in [0.25, 0.3) is 5.91 Å². The van der Waals surface area contributed by atoms with E-state index in [9.17, 15) is 24.0 Å². The number of anilines is 2. The highest BCUT2D eigenvalue weighted by molar-refractivity contribution is 5.83. The van der Waals surface area contributed by atoms with Crippen LogP contribution in [0.3, 0.4) is 0 Å². The van der Waals surface area contributed by atoms with Gasteiger partial charge < -0.3 is 44.0 Å². The Bertz CT molecular complexity index is 913. The minimum Gasteiger partial charge on any atom is -0.482 e. The van der Waals surface area contributed by atoms with Gasteiger partial charge in [0.15, 0.2) is 6.61 Å². The maximum Gasteiger partial charge on any atom is 0.328 e. The molecule has 2 rings (SSSR count). The second-order valence-corrected chi connectivity index (χ2v) is 7.41. The van der Waals surface area contributed by atoms with Gasteiger partial charge in [0.1, 0.15) is 18.8 Å². The molecular weight excluding hydrogens is 482 g/mol. The molecule has 36 heavy (non-hydrogen) atoms. The highest BCUT2D eigenvalue weighted by Crippen LogP contribution is 2.31. The Hall–Kier alpha value is -4.07. The Kier molecular flexibility index (Phi) is 11.2. The van der Waals surface area contributed by atoms with Crippen molar-refractivity contribution in [1.82, 2.24) is 4.90 Å². The van der Waals surface area contributed by atoms with Gasteiger partial charge in [-0.25, -0.2) is 0 Å². The number of benzene rings is 1. The van der Waals surface area contributed by atoms with Crippen LogP contribution in [0.15, 0.2) is 18.2 Å². The van der Waals surface area contributed by atoms with Crippen LogP contribution in [0.4, 0.5) is 11.4 Å². The number of esters is 4. The summed E-state index contributed by atoms with van der Waals surface area (Å²) in [5.74, 6) is -3.12.